The molecule has 0 saturated heterocycles. The summed E-state index contributed by atoms with van der Waals surface area (Å²) in [6, 6.07) is 13.0. The first-order chi connectivity index (χ1) is 16.9. The van der Waals surface area contributed by atoms with Crippen LogP contribution in [0.25, 0.3) is 22.0 Å². The molecule has 5 rings (SSSR count). The van der Waals surface area contributed by atoms with Crippen molar-refractivity contribution in [3.8, 4) is 17.0 Å². The summed E-state index contributed by atoms with van der Waals surface area (Å²) in [5, 5.41) is 0.813. The van der Waals surface area contributed by atoms with Gasteiger partial charge in [0.25, 0.3) is 0 Å². The number of ether oxygens (including phenoxy) is 2. The molecule has 0 bridgehead atoms. The van der Waals surface area contributed by atoms with Gasteiger partial charge in [0.2, 0.25) is 5.88 Å². The lowest BCUT2D eigenvalue weighted by atomic mass is 9.99. The number of benzene rings is 2. The molecule has 2 aromatic heterocycles. The summed E-state index contributed by atoms with van der Waals surface area (Å²) in [6.45, 7) is 4.06. The monoisotopic (exact) mass is 476 g/mol. The Morgan fingerprint density at radius 3 is 2.69 bits per heavy atom. The molecule has 180 valence electrons. The van der Waals surface area contributed by atoms with Crippen LogP contribution in [0.3, 0.4) is 0 Å². The van der Waals surface area contributed by atoms with E-state index in [1.807, 2.05) is 18.2 Å². The molecule has 4 aromatic rings. The lowest BCUT2D eigenvalue weighted by Crippen LogP contribution is -2.15. The Morgan fingerprint density at radius 2 is 1.97 bits per heavy atom. The molecule has 0 spiro atoms. The number of pyridine rings is 1. The van der Waals surface area contributed by atoms with Gasteiger partial charge in [-0.3, -0.25) is 0 Å². The molecule has 2 atom stereocenters. The van der Waals surface area contributed by atoms with Crippen LogP contribution in [-0.2, 0) is 11.3 Å². The van der Waals surface area contributed by atoms with E-state index in [2.05, 4.69) is 18.0 Å². The largest absolute Gasteiger partial charge is 0.481 e. The molecule has 1 aliphatic rings. The number of methoxy groups -OCH3 is 1. The molecule has 0 amide bonds. The molecule has 1 fully saturated rings. The maximum atomic E-state index is 14.7. The molecule has 35 heavy (non-hydrogen) atoms. The van der Waals surface area contributed by atoms with Crippen LogP contribution in [0.2, 0.25) is 0 Å². The van der Waals surface area contributed by atoms with Gasteiger partial charge in [-0.1, -0.05) is 13.0 Å². The number of halogens is 2. The minimum Gasteiger partial charge on any atom is -0.481 e. The Kier molecular flexibility index (Phi) is 6.01. The molecule has 5 nitrogen and oxygen atoms in total. The second kappa shape index (κ2) is 9.13. The van der Waals surface area contributed by atoms with Crippen molar-refractivity contribution in [2.24, 2.45) is 5.92 Å². The predicted molar refractivity (Wildman–Crippen MR) is 130 cm³/mol. The van der Waals surface area contributed by atoms with Crippen LogP contribution in [0.5, 0.6) is 5.88 Å². The van der Waals surface area contributed by atoms with E-state index in [0.717, 1.165) is 35.5 Å². The van der Waals surface area contributed by atoms with Crippen LogP contribution in [0.15, 0.2) is 54.7 Å². The molecule has 1 saturated carbocycles. The van der Waals surface area contributed by atoms with Gasteiger partial charge in [0, 0.05) is 33.8 Å². The summed E-state index contributed by atoms with van der Waals surface area (Å²) >= 11 is 0. The van der Waals surface area contributed by atoms with Gasteiger partial charge in [0.05, 0.1) is 20.3 Å². The normalized spacial score (nSPS) is 16.9. The summed E-state index contributed by atoms with van der Waals surface area (Å²) in [5.74, 6) is -0.237. The van der Waals surface area contributed by atoms with Gasteiger partial charge in [-0.2, -0.15) is 0 Å². The minimum atomic E-state index is -0.553. The SMILES string of the molecule is CCOC(=O)c1c(-c2cccnc2OC)c2cc([C@H]3C[C@H]3C)ccc2n1Cc1cc(F)ccc1F. The summed E-state index contributed by atoms with van der Waals surface area (Å²) in [4.78, 5) is 17.7. The summed E-state index contributed by atoms with van der Waals surface area (Å²) in [7, 11) is 1.52. The van der Waals surface area contributed by atoms with Gasteiger partial charge in [-0.05, 0) is 73.2 Å². The molecular formula is C28H26F2N2O3. The second-order valence-electron chi connectivity index (χ2n) is 8.92. The third-order valence-corrected chi connectivity index (χ3v) is 6.66. The molecular weight excluding hydrogens is 450 g/mol. The first-order valence-corrected chi connectivity index (χ1v) is 11.7. The maximum absolute atomic E-state index is 14.7. The van der Waals surface area contributed by atoms with Crippen molar-refractivity contribution in [3.63, 3.8) is 0 Å². The Morgan fingerprint density at radius 1 is 1.17 bits per heavy atom. The number of hydrogen-bond donors (Lipinski definition) is 0. The van der Waals surface area contributed by atoms with Gasteiger partial charge >= 0.3 is 5.97 Å². The molecule has 0 radical (unpaired) electrons. The predicted octanol–water partition coefficient (Wildman–Crippen LogP) is 6.34. The van der Waals surface area contributed by atoms with E-state index in [-0.39, 0.29) is 24.4 Å². The number of nitrogens with zero attached hydrogens (tertiary/aromatic N) is 2. The highest BCUT2D eigenvalue weighted by molar-refractivity contribution is 6.09. The van der Waals surface area contributed by atoms with Crippen molar-refractivity contribution in [2.75, 3.05) is 13.7 Å². The van der Waals surface area contributed by atoms with Crippen molar-refractivity contribution in [3.05, 3.63) is 83.2 Å². The molecule has 1 aliphatic carbocycles. The van der Waals surface area contributed by atoms with Gasteiger partial charge < -0.3 is 14.0 Å². The van der Waals surface area contributed by atoms with E-state index in [1.165, 1.54) is 12.7 Å². The van der Waals surface area contributed by atoms with Crippen LogP contribution < -0.4 is 4.74 Å². The van der Waals surface area contributed by atoms with Gasteiger partial charge in [-0.15, -0.1) is 0 Å². The molecule has 0 unspecified atom stereocenters. The van der Waals surface area contributed by atoms with Crippen molar-refractivity contribution in [1.82, 2.24) is 9.55 Å². The summed E-state index contributed by atoms with van der Waals surface area (Å²) < 4.78 is 41.4. The van der Waals surface area contributed by atoms with Crippen LogP contribution >= 0.6 is 0 Å². The van der Waals surface area contributed by atoms with Crippen LogP contribution in [-0.4, -0.2) is 29.2 Å². The average molecular weight is 477 g/mol. The fourth-order valence-electron chi connectivity index (χ4n) is 4.82. The highest BCUT2D eigenvalue weighted by Crippen LogP contribution is 2.49. The lowest BCUT2D eigenvalue weighted by molar-refractivity contribution is 0.0516. The zero-order chi connectivity index (χ0) is 24.7. The molecule has 2 heterocycles. The number of carbonyl (C=O) groups excluding carboxylic acids is 1. The first kappa shape index (κ1) is 23.0. The first-order valence-electron chi connectivity index (χ1n) is 11.7. The lowest BCUT2D eigenvalue weighted by Gasteiger charge is -2.13. The number of esters is 1. The van der Waals surface area contributed by atoms with E-state index < -0.39 is 17.6 Å². The fourth-order valence-corrected chi connectivity index (χ4v) is 4.82. The maximum Gasteiger partial charge on any atom is 0.355 e. The molecule has 7 heteroatoms. The number of carbonyl (C=O) groups is 1. The number of hydrogen-bond acceptors (Lipinski definition) is 4. The van der Waals surface area contributed by atoms with E-state index >= 15 is 0 Å². The van der Waals surface area contributed by atoms with Crippen molar-refractivity contribution < 1.29 is 23.0 Å². The smallest absolute Gasteiger partial charge is 0.355 e. The van der Waals surface area contributed by atoms with E-state index in [1.54, 1.807) is 23.8 Å². The Bertz CT molecular complexity index is 1430. The summed E-state index contributed by atoms with van der Waals surface area (Å²) in [6.07, 6.45) is 2.72. The van der Waals surface area contributed by atoms with Crippen LogP contribution in [0.4, 0.5) is 8.78 Å². The average Bonchev–Trinajstić information content (AvgIpc) is 3.51. The van der Waals surface area contributed by atoms with Crippen molar-refractivity contribution in [1.29, 1.82) is 0 Å². The topological polar surface area (TPSA) is 53.4 Å². The third kappa shape index (κ3) is 4.16. The standard InChI is InChI=1S/C28H26F2N2O3/c1-4-35-28(33)26-25(20-6-5-11-31-27(20)34-3)22-14-17(21-12-16(21)2)7-10-24(22)32(26)15-18-13-19(29)8-9-23(18)30/h5-11,13-14,16,21H,4,12,15H2,1-3H3/t16-,21+/m1/s1. The van der Waals surface area contributed by atoms with E-state index in [4.69, 9.17) is 9.47 Å². The molecule has 2 aromatic carbocycles. The number of rotatable bonds is 7. The fraction of sp³-hybridized carbons (Fsp3) is 0.286. The zero-order valence-electron chi connectivity index (χ0n) is 19.8. The van der Waals surface area contributed by atoms with Gasteiger partial charge in [0.1, 0.15) is 17.3 Å². The quantitative estimate of drug-likeness (QED) is 0.292. The Hall–Kier alpha value is -3.74. The Balaban J connectivity index is 1.83. The Labute approximate surface area is 202 Å². The van der Waals surface area contributed by atoms with Crippen molar-refractivity contribution >= 4 is 16.9 Å². The van der Waals surface area contributed by atoms with Gasteiger partial charge in [-0.25, -0.2) is 18.6 Å². The highest BCUT2D eigenvalue weighted by Gasteiger charge is 2.35. The number of aromatic nitrogens is 2. The zero-order valence-corrected chi connectivity index (χ0v) is 19.8. The summed E-state index contributed by atoms with van der Waals surface area (Å²) in [5.41, 5.74) is 3.51. The third-order valence-electron chi connectivity index (χ3n) is 6.66. The number of fused-ring (bicyclic) bond motifs is 1. The van der Waals surface area contributed by atoms with E-state index in [9.17, 15) is 13.6 Å². The molecule has 0 N–H and O–H groups in total. The van der Waals surface area contributed by atoms with Crippen LogP contribution in [0.1, 0.15) is 47.8 Å². The minimum absolute atomic E-state index is 0.0456. The van der Waals surface area contributed by atoms with E-state index in [0.29, 0.717) is 28.8 Å². The van der Waals surface area contributed by atoms with Gasteiger partial charge in [0.15, 0.2) is 0 Å². The molecule has 0 aliphatic heterocycles. The van der Waals surface area contributed by atoms with Crippen LogP contribution in [0, 0.1) is 17.6 Å². The van der Waals surface area contributed by atoms with Crippen molar-refractivity contribution in [2.45, 2.75) is 32.7 Å². The second-order valence-corrected chi connectivity index (χ2v) is 8.92. The highest BCUT2D eigenvalue weighted by atomic mass is 19.1.